The first kappa shape index (κ1) is 12.7. The van der Waals surface area contributed by atoms with Crippen LogP contribution >= 0.6 is 12.2 Å². The molecular weight excluding hydrogens is 236 g/mol. The van der Waals surface area contributed by atoms with Crippen molar-refractivity contribution in [1.29, 1.82) is 0 Å². The van der Waals surface area contributed by atoms with E-state index in [0.717, 1.165) is 21.6 Å². The summed E-state index contributed by atoms with van der Waals surface area (Å²) in [6.07, 6.45) is 1.87. The highest BCUT2D eigenvalue weighted by Gasteiger charge is 2.09. The molecule has 0 atom stereocenters. The van der Waals surface area contributed by atoms with E-state index < -0.39 is 0 Å². The van der Waals surface area contributed by atoms with Crippen LogP contribution in [0.15, 0.2) is 49.0 Å². The summed E-state index contributed by atoms with van der Waals surface area (Å²) in [5.41, 5.74) is 5.80. The lowest BCUT2D eigenvalue weighted by Gasteiger charge is -2.11. The van der Waals surface area contributed by atoms with Gasteiger partial charge in [0.1, 0.15) is 0 Å². The summed E-state index contributed by atoms with van der Waals surface area (Å²) in [6, 6.07) is 14.4. The minimum Gasteiger partial charge on any atom is -0.0984 e. The maximum Gasteiger partial charge on any atom is 0.0527 e. The van der Waals surface area contributed by atoms with Crippen molar-refractivity contribution in [3.8, 4) is 0 Å². The van der Waals surface area contributed by atoms with Crippen LogP contribution in [0, 0.1) is 13.8 Å². The van der Waals surface area contributed by atoms with Gasteiger partial charge in [0.15, 0.2) is 0 Å². The number of hydrogen-bond acceptors (Lipinski definition) is 1. The van der Waals surface area contributed by atoms with E-state index in [2.05, 4.69) is 32.6 Å². The maximum absolute atomic E-state index is 5.60. The van der Waals surface area contributed by atoms with Gasteiger partial charge in [0.2, 0.25) is 0 Å². The largest absolute Gasteiger partial charge is 0.0984 e. The summed E-state index contributed by atoms with van der Waals surface area (Å²) in [4.78, 5) is 0.883. The molecule has 0 bridgehead atoms. The molecule has 0 aliphatic rings. The van der Waals surface area contributed by atoms with Gasteiger partial charge in [0.25, 0.3) is 0 Å². The van der Waals surface area contributed by atoms with Crippen molar-refractivity contribution in [2.45, 2.75) is 13.8 Å². The highest BCUT2D eigenvalue weighted by Crippen LogP contribution is 2.21. The molecule has 0 aliphatic carbocycles. The van der Waals surface area contributed by atoms with Gasteiger partial charge in [-0.25, -0.2) is 0 Å². The molecule has 2 aromatic carbocycles. The Labute approximate surface area is 114 Å². The van der Waals surface area contributed by atoms with Gasteiger partial charge in [-0.3, -0.25) is 0 Å². The lowest BCUT2D eigenvalue weighted by atomic mass is 9.95. The number of aryl methyl sites for hydroxylation is 2. The predicted molar refractivity (Wildman–Crippen MR) is 83.3 cm³/mol. The first-order valence-corrected chi connectivity index (χ1v) is 6.37. The summed E-state index contributed by atoms with van der Waals surface area (Å²) in [5.74, 6) is 0. The van der Waals surface area contributed by atoms with E-state index in [1.54, 1.807) is 0 Å². The average molecular weight is 252 g/mol. The molecule has 2 aromatic rings. The van der Waals surface area contributed by atoms with E-state index >= 15 is 0 Å². The van der Waals surface area contributed by atoms with Crippen LogP contribution in [-0.4, -0.2) is 4.86 Å². The lowest BCUT2D eigenvalue weighted by molar-refractivity contribution is 1.33. The molecule has 18 heavy (non-hydrogen) atoms. The Bertz CT molecular complexity index is 595. The smallest absolute Gasteiger partial charge is 0.0527 e. The molecule has 0 spiro atoms. The average Bonchev–Trinajstić information content (AvgIpc) is 2.41. The van der Waals surface area contributed by atoms with Gasteiger partial charge in [0, 0.05) is 5.56 Å². The van der Waals surface area contributed by atoms with Gasteiger partial charge < -0.3 is 0 Å². The molecule has 0 N–H and O–H groups in total. The number of benzene rings is 2. The molecule has 0 saturated heterocycles. The molecule has 0 nitrogen and oxygen atoms in total. The molecule has 0 aromatic heterocycles. The second-order valence-electron chi connectivity index (χ2n) is 4.42. The molecule has 0 aliphatic heterocycles. The molecule has 0 amide bonds. The molecule has 0 unspecified atom stereocenters. The Hall–Kier alpha value is -1.73. The van der Waals surface area contributed by atoms with E-state index in [1.807, 2.05) is 36.4 Å². The molecular formula is C17H16S. The van der Waals surface area contributed by atoms with Crippen molar-refractivity contribution in [1.82, 2.24) is 0 Å². The summed E-state index contributed by atoms with van der Waals surface area (Å²) in [6.45, 7) is 8.10. The van der Waals surface area contributed by atoms with Crippen LogP contribution < -0.4 is 0 Å². The van der Waals surface area contributed by atoms with Crippen LogP contribution in [0.1, 0.15) is 27.8 Å². The van der Waals surface area contributed by atoms with Crippen molar-refractivity contribution in [2.75, 3.05) is 0 Å². The fourth-order valence-electron chi connectivity index (χ4n) is 1.95. The molecule has 0 fully saturated rings. The second kappa shape index (κ2) is 5.28. The number of hydrogen-bond donors (Lipinski definition) is 0. The van der Waals surface area contributed by atoms with Crippen LogP contribution in [0.25, 0.3) is 6.08 Å². The SMILES string of the molecule is C=Cc1cc(C)c(C)cc1C(=S)c1ccccc1. The van der Waals surface area contributed by atoms with Crippen molar-refractivity contribution in [3.05, 3.63) is 76.9 Å². The Morgan fingerprint density at radius 2 is 1.67 bits per heavy atom. The predicted octanol–water partition coefficient (Wildman–Crippen LogP) is 4.71. The molecule has 0 radical (unpaired) electrons. The van der Waals surface area contributed by atoms with Crippen molar-refractivity contribution in [2.24, 2.45) is 0 Å². The van der Waals surface area contributed by atoms with E-state index in [9.17, 15) is 0 Å². The lowest BCUT2D eigenvalue weighted by Crippen LogP contribution is -2.03. The molecule has 0 saturated carbocycles. The molecule has 0 heterocycles. The second-order valence-corrected chi connectivity index (χ2v) is 4.83. The maximum atomic E-state index is 5.60. The van der Waals surface area contributed by atoms with Crippen LogP contribution in [0.4, 0.5) is 0 Å². The van der Waals surface area contributed by atoms with E-state index in [4.69, 9.17) is 12.2 Å². The minimum absolute atomic E-state index is 0.883. The van der Waals surface area contributed by atoms with Crippen molar-refractivity contribution < 1.29 is 0 Å². The minimum atomic E-state index is 0.883. The van der Waals surface area contributed by atoms with E-state index in [0.29, 0.717) is 0 Å². The van der Waals surface area contributed by atoms with Gasteiger partial charge in [-0.2, -0.15) is 0 Å². The van der Waals surface area contributed by atoms with E-state index in [-0.39, 0.29) is 0 Å². The third kappa shape index (κ3) is 2.41. The van der Waals surface area contributed by atoms with Gasteiger partial charge in [-0.15, -0.1) is 0 Å². The van der Waals surface area contributed by atoms with Gasteiger partial charge >= 0.3 is 0 Å². The van der Waals surface area contributed by atoms with Gasteiger partial charge in [0.05, 0.1) is 4.86 Å². The van der Waals surface area contributed by atoms with Crippen LogP contribution in [0.3, 0.4) is 0 Å². The third-order valence-electron chi connectivity index (χ3n) is 3.17. The fraction of sp³-hybridized carbons (Fsp3) is 0.118. The van der Waals surface area contributed by atoms with Gasteiger partial charge in [-0.05, 0) is 42.2 Å². The topological polar surface area (TPSA) is 0 Å². The zero-order chi connectivity index (χ0) is 13.1. The van der Waals surface area contributed by atoms with Crippen LogP contribution in [0.5, 0.6) is 0 Å². The quantitative estimate of drug-likeness (QED) is 0.563. The highest BCUT2D eigenvalue weighted by molar-refractivity contribution is 7.81. The van der Waals surface area contributed by atoms with Gasteiger partial charge in [-0.1, -0.05) is 61.3 Å². The monoisotopic (exact) mass is 252 g/mol. The Balaban J connectivity index is 2.54. The summed E-state index contributed by atoms with van der Waals surface area (Å²) >= 11 is 5.60. The zero-order valence-corrected chi connectivity index (χ0v) is 11.6. The third-order valence-corrected chi connectivity index (χ3v) is 3.62. The fourth-order valence-corrected chi connectivity index (χ4v) is 2.26. The Morgan fingerprint density at radius 1 is 1.06 bits per heavy atom. The summed E-state index contributed by atoms with van der Waals surface area (Å²) in [7, 11) is 0. The van der Waals surface area contributed by atoms with Crippen LogP contribution in [0.2, 0.25) is 0 Å². The van der Waals surface area contributed by atoms with Crippen molar-refractivity contribution in [3.63, 3.8) is 0 Å². The number of rotatable bonds is 3. The summed E-state index contributed by atoms with van der Waals surface area (Å²) in [5, 5.41) is 0. The molecule has 2 rings (SSSR count). The normalized spacial score (nSPS) is 10.1. The number of thiocarbonyl (C=S) groups is 1. The Morgan fingerprint density at radius 3 is 2.28 bits per heavy atom. The zero-order valence-electron chi connectivity index (χ0n) is 10.7. The highest BCUT2D eigenvalue weighted by atomic mass is 32.1. The van der Waals surface area contributed by atoms with Crippen LogP contribution in [-0.2, 0) is 0 Å². The first-order valence-electron chi connectivity index (χ1n) is 5.97. The first-order chi connectivity index (χ1) is 8.63. The molecule has 90 valence electrons. The standard InChI is InChI=1S/C17H16S/c1-4-14-10-12(2)13(3)11-16(14)17(18)15-8-6-5-7-9-15/h4-11H,1H2,2-3H3. The molecule has 1 heteroatoms. The van der Waals surface area contributed by atoms with Crippen molar-refractivity contribution >= 4 is 23.2 Å². The summed E-state index contributed by atoms with van der Waals surface area (Å²) < 4.78 is 0. The van der Waals surface area contributed by atoms with E-state index in [1.165, 1.54) is 11.1 Å². The Kier molecular flexibility index (Phi) is 3.73.